The maximum absolute atomic E-state index is 5.94. The average molecular weight is 270 g/mol. The van der Waals surface area contributed by atoms with Gasteiger partial charge in [0.2, 0.25) is 0 Å². The standard InChI is InChI=1S/C17H22N2O/c1-3-4-5-14-6-8-16(9-7-14)20-17-10-11-19-13-15(17)12-18-2/h6-11,13,18H,3-5,12H2,1-2H3. The monoisotopic (exact) mass is 270 g/mol. The van der Waals surface area contributed by atoms with Crippen LogP contribution in [-0.2, 0) is 13.0 Å². The molecule has 0 amide bonds. The molecule has 0 saturated heterocycles. The molecule has 1 aromatic carbocycles. The number of benzene rings is 1. The molecule has 0 radical (unpaired) electrons. The van der Waals surface area contributed by atoms with Gasteiger partial charge in [-0.15, -0.1) is 0 Å². The van der Waals surface area contributed by atoms with Crippen molar-refractivity contribution >= 4 is 0 Å². The zero-order valence-electron chi connectivity index (χ0n) is 12.2. The molecule has 0 atom stereocenters. The first-order valence-corrected chi connectivity index (χ1v) is 7.17. The second-order valence-electron chi connectivity index (χ2n) is 4.86. The van der Waals surface area contributed by atoms with Crippen molar-refractivity contribution in [2.75, 3.05) is 7.05 Å². The minimum absolute atomic E-state index is 0.748. The Bertz CT molecular complexity index is 523. The van der Waals surface area contributed by atoms with Crippen molar-refractivity contribution in [3.05, 3.63) is 53.9 Å². The first-order valence-electron chi connectivity index (χ1n) is 7.17. The number of unbranched alkanes of at least 4 members (excludes halogenated alkanes) is 1. The van der Waals surface area contributed by atoms with Gasteiger partial charge in [-0.25, -0.2) is 0 Å². The van der Waals surface area contributed by atoms with Gasteiger partial charge in [0.25, 0.3) is 0 Å². The zero-order chi connectivity index (χ0) is 14.2. The summed E-state index contributed by atoms with van der Waals surface area (Å²) in [5.41, 5.74) is 2.43. The van der Waals surface area contributed by atoms with Crippen molar-refractivity contribution in [1.29, 1.82) is 0 Å². The molecule has 1 aromatic heterocycles. The van der Waals surface area contributed by atoms with Crippen molar-refractivity contribution in [3.8, 4) is 11.5 Å². The number of aromatic nitrogens is 1. The molecule has 106 valence electrons. The van der Waals surface area contributed by atoms with Gasteiger partial charge in [0.15, 0.2) is 0 Å². The van der Waals surface area contributed by atoms with Crippen LogP contribution in [0, 0.1) is 0 Å². The highest BCUT2D eigenvalue weighted by molar-refractivity contribution is 5.36. The lowest BCUT2D eigenvalue weighted by molar-refractivity contribution is 0.473. The van der Waals surface area contributed by atoms with Crippen LogP contribution in [-0.4, -0.2) is 12.0 Å². The molecule has 0 saturated carbocycles. The second kappa shape index (κ2) is 7.65. The van der Waals surface area contributed by atoms with E-state index in [1.54, 1.807) is 6.20 Å². The minimum atomic E-state index is 0.748. The highest BCUT2D eigenvalue weighted by Crippen LogP contribution is 2.25. The summed E-state index contributed by atoms with van der Waals surface area (Å²) in [6, 6.07) is 10.3. The predicted octanol–water partition coefficient (Wildman–Crippen LogP) is 3.94. The lowest BCUT2D eigenvalue weighted by atomic mass is 10.1. The van der Waals surface area contributed by atoms with Crippen LogP contribution < -0.4 is 10.1 Å². The molecule has 3 heteroatoms. The van der Waals surface area contributed by atoms with Gasteiger partial charge in [-0.2, -0.15) is 0 Å². The summed E-state index contributed by atoms with van der Waals surface area (Å²) in [5.74, 6) is 1.73. The molecule has 2 aromatic rings. The molecule has 20 heavy (non-hydrogen) atoms. The molecule has 3 nitrogen and oxygen atoms in total. The smallest absolute Gasteiger partial charge is 0.134 e. The van der Waals surface area contributed by atoms with E-state index in [1.165, 1.54) is 18.4 Å². The van der Waals surface area contributed by atoms with Crippen LogP contribution in [0.1, 0.15) is 30.9 Å². The van der Waals surface area contributed by atoms with E-state index in [0.717, 1.165) is 30.0 Å². The van der Waals surface area contributed by atoms with Crippen molar-refractivity contribution in [2.24, 2.45) is 0 Å². The van der Waals surface area contributed by atoms with E-state index >= 15 is 0 Å². The molecule has 0 fully saturated rings. The van der Waals surface area contributed by atoms with Gasteiger partial charge in [0.1, 0.15) is 11.5 Å². The summed E-state index contributed by atoms with van der Waals surface area (Å²) in [6.45, 7) is 2.96. The maximum Gasteiger partial charge on any atom is 0.134 e. The molecular formula is C17H22N2O. The first-order chi connectivity index (χ1) is 9.83. The van der Waals surface area contributed by atoms with E-state index in [4.69, 9.17) is 4.74 Å². The van der Waals surface area contributed by atoms with Crippen molar-refractivity contribution in [3.63, 3.8) is 0 Å². The Morgan fingerprint density at radius 3 is 2.65 bits per heavy atom. The van der Waals surface area contributed by atoms with Crippen LogP contribution in [0.25, 0.3) is 0 Å². The normalized spacial score (nSPS) is 10.5. The van der Waals surface area contributed by atoms with Crippen LogP contribution in [0.4, 0.5) is 0 Å². The van der Waals surface area contributed by atoms with Crippen LogP contribution >= 0.6 is 0 Å². The lowest BCUT2D eigenvalue weighted by Gasteiger charge is -2.10. The van der Waals surface area contributed by atoms with Crippen LogP contribution in [0.3, 0.4) is 0 Å². The highest BCUT2D eigenvalue weighted by Gasteiger charge is 2.04. The number of ether oxygens (including phenoxy) is 1. The third-order valence-electron chi connectivity index (χ3n) is 3.20. The fourth-order valence-corrected chi connectivity index (χ4v) is 2.07. The number of hydrogen-bond acceptors (Lipinski definition) is 3. The van der Waals surface area contributed by atoms with Crippen molar-refractivity contribution in [2.45, 2.75) is 32.7 Å². The molecule has 2 rings (SSSR count). The number of nitrogens with one attached hydrogen (secondary N) is 1. The molecular weight excluding hydrogens is 248 g/mol. The largest absolute Gasteiger partial charge is 0.457 e. The Hall–Kier alpha value is -1.87. The van der Waals surface area contributed by atoms with Crippen LogP contribution in [0.2, 0.25) is 0 Å². The SMILES string of the molecule is CCCCc1ccc(Oc2ccncc2CNC)cc1. The van der Waals surface area contributed by atoms with Gasteiger partial charge in [-0.05, 0) is 43.7 Å². The number of aryl methyl sites for hydroxylation is 1. The Balaban J connectivity index is 2.06. The van der Waals surface area contributed by atoms with E-state index in [0.29, 0.717) is 0 Å². The second-order valence-corrected chi connectivity index (χ2v) is 4.86. The van der Waals surface area contributed by atoms with Gasteiger partial charge < -0.3 is 10.1 Å². The molecule has 0 aliphatic rings. The predicted molar refractivity (Wildman–Crippen MR) is 82.1 cm³/mol. The average Bonchev–Trinajstić information content (AvgIpc) is 2.49. The fourth-order valence-electron chi connectivity index (χ4n) is 2.07. The van der Waals surface area contributed by atoms with Gasteiger partial charge in [-0.1, -0.05) is 25.5 Å². The van der Waals surface area contributed by atoms with Gasteiger partial charge >= 0.3 is 0 Å². The van der Waals surface area contributed by atoms with E-state index in [-0.39, 0.29) is 0 Å². The summed E-state index contributed by atoms with van der Waals surface area (Å²) >= 11 is 0. The highest BCUT2D eigenvalue weighted by atomic mass is 16.5. The van der Waals surface area contributed by atoms with Crippen molar-refractivity contribution < 1.29 is 4.74 Å². The molecule has 1 N–H and O–H groups in total. The molecule has 0 unspecified atom stereocenters. The minimum Gasteiger partial charge on any atom is -0.457 e. The van der Waals surface area contributed by atoms with E-state index in [2.05, 4.69) is 29.4 Å². The Kier molecular flexibility index (Phi) is 5.56. The Morgan fingerprint density at radius 2 is 1.95 bits per heavy atom. The summed E-state index contributed by atoms with van der Waals surface area (Å²) in [4.78, 5) is 4.13. The third kappa shape index (κ3) is 4.07. The van der Waals surface area contributed by atoms with Crippen molar-refractivity contribution in [1.82, 2.24) is 10.3 Å². The number of hydrogen-bond donors (Lipinski definition) is 1. The van der Waals surface area contributed by atoms with Crippen LogP contribution in [0.15, 0.2) is 42.7 Å². The zero-order valence-corrected chi connectivity index (χ0v) is 12.2. The van der Waals surface area contributed by atoms with E-state index < -0.39 is 0 Å². The molecule has 0 bridgehead atoms. The molecule has 1 heterocycles. The summed E-state index contributed by atoms with van der Waals surface area (Å²) in [6.07, 6.45) is 7.18. The fraction of sp³-hybridized carbons (Fsp3) is 0.353. The molecule has 0 aliphatic heterocycles. The topological polar surface area (TPSA) is 34.1 Å². The summed E-state index contributed by atoms with van der Waals surface area (Å²) in [5, 5.41) is 3.12. The Morgan fingerprint density at radius 1 is 1.15 bits per heavy atom. The maximum atomic E-state index is 5.94. The first kappa shape index (κ1) is 14.5. The number of nitrogens with zero attached hydrogens (tertiary/aromatic N) is 1. The molecule has 0 spiro atoms. The Labute approximate surface area is 121 Å². The number of pyridine rings is 1. The van der Waals surface area contributed by atoms with E-state index in [1.807, 2.05) is 31.4 Å². The summed E-state index contributed by atoms with van der Waals surface area (Å²) in [7, 11) is 1.92. The molecule has 0 aliphatic carbocycles. The third-order valence-corrected chi connectivity index (χ3v) is 3.20. The van der Waals surface area contributed by atoms with Crippen LogP contribution in [0.5, 0.6) is 11.5 Å². The van der Waals surface area contributed by atoms with Gasteiger partial charge in [-0.3, -0.25) is 4.98 Å². The quantitative estimate of drug-likeness (QED) is 0.827. The van der Waals surface area contributed by atoms with Gasteiger partial charge in [0.05, 0.1) is 0 Å². The van der Waals surface area contributed by atoms with E-state index in [9.17, 15) is 0 Å². The number of rotatable bonds is 7. The summed E-state index contributed by atoms with van der Waals surface area (Å²) < 4.78 is 5.94. The lowest BCUT2D eigenvalue weighted by Crippen LogP contribution is -2.06. The van der Waals surface area contributed by atoms with Gasteiger partial charge in [0, 0.05) is 24.5 Å².